The summed E-state index contributed by atoms with van der Waals surface area (Å²) in [6.07, 6.45) is 0. The number of aryl methyl sites for hydroxylation is 1. The van der Waals surface area contributed by atoms with E-state index in [0.717, 1.165) is 5.03 Å². The van der Waals surface area contributed by atoms with Crippen LogP contribution in [0.5, 0.6) is 0 Å². The van der Waals surface area contributed by atoms with Gasteiger partial charge in [0.1, 0.15) is 16.0 Å². The lowest BCUT2D eigenvalue weighted by molar-refractivity contribution is 0.477. The van der Waals surface area contributed by atoms with E-state index in [1.165, 1.54) is 11.8 Å². The molecule has 0 aliphatic rings. The highest BCUT2D eigenvalue weighted by molar-refractivity contribution is 7.99. The minimum absolute atomic E-state index is 0.200. The molecule has 2 aromatic rings. The van der Waals surface area contributed by atoms with E-state index in [2.05, 4.69) is 25.5 Å². The summed E-state index contributed by atoms with van der Waals surface area (Å²) in [5.74, 6) is 0.628. The predicted molar refractivity (Wildman–Crippen MR) is 64.1 cm³/mol. The first kappa shape index (κ1) is 12.3. The zero-order valence-electron chi connectivity index (χ0n) is 9.62. The Morgan fingerprint density at radius 3 is 2.76 bits per heavy atom. The van der Waals surface area contributed by atoms with E-state index in [9.17, 15) is 0 Å². The molecule has 0 fully saturated rings. The van der Waals surface area contributed by atoms with Crippen LogP contribution in [-0.4, -0.2) is 30.2 Å². The number of nitrogens with zero attached hydrogens (tertiary/aromatic N) is 6. The van der Waals surface area contributed by atoms with E-state index in [0.29, 0.717) is 16.1 Å². The molecule has 0 aliphatic heterocycles. The quantitative estimate of drug-likeness (QED) is 0.796. The van der Waals surface area contributed by atoms with Crippen molar-refractivity contribution in [2.75, 3.05) is 0 Å². The molecule has 2 rings (SSSR count). The van der Waals surface area contributed by atoms with Crippen molar-refractivity contribution in [1.82, 2.24) is 30.2 Å². The first-order valence-electron chi connectivity index (χ1n) is 5.03. The maximum atomic E-state index is 5.87. The molecule has 0 aromatic carbocycles. The van der Waals surface area contributed by atoms with Crippen LogP contribution in [0.3, 0.4) is 0 Å². The van der Waals surface area contributed by atoms with Gasteiger partial charge in [-0.2, -0.15) is 0 Å². The minimum Gasteiger partial charge on any atom is -0.226 e. The Morgan fingerprint density at radius 1 is 1.35 bits per heavy atom. The second-order valence-corrected chi connectivity index (χ2v) is 5.05. The molecule has 0 aliphatic carbocycles. The summed E-state index contributed by atoms with van der Waals surface area (Å²) in [5.41, 5.74) is 0. The van der Waals surface area contributed by atoms with E-state index < -0.39 is 0 Å². The van der Waals surface area contributed by atoms with Crippen LogP contribution in [0, 0.1) is 6.92 Å². The van der Waals surface area contributed by atoms with Gasteiger partial charge >= 0.3 is 0 Å². The van der Waals surface area contributed by atoms with E-state index in [-0.39, 0.29) is 6.04 Å². The molecule has 0 amide bonds. The molecule has 0 saturated heterocycles. The number of tetrazole rings is 1. The summed E-state index contributed by atoms with van der Waals surface area (Å²) in [7, 11) is 0. The monoisotopic (exact) mass is 270 g/mol. The highest BCUT2D eigenvalue weighted by Gasteiger charge is 2.12. The SMILES string of the molecule is Cc1nc(Cl)cc(Sc2nnnn2C(C)C)n1. The van der Waals surface area contributed by atoms with Crippen LogP contribution < -0.4 is 0 Å². The molecule has 0 spiro atoms. The Hall–Kier alpha value is -1.21. The van der Waals surface area contributed by atoms with Crippen LogP contribution in [-0.2, 0) is 0 Å². The molecule has 0 unspecified atom stereocenters. The molecular weight excluding hydrogens is 260 g/mol. The maximum Gasteiger partial charge on any atom is 0.215 e. The molecule has 2 heterocycles. The van der Waals surface area contributed by atoms with Crippen LogP contribution >= 0.6 is 23.4 Å². The summed E-state index contributed by atoms with van der Waals surface area (Å²) in [4.78, 5) is 8.27. The normalized spacial score (nSPS) is 11.1. The van der Waals surface area contributed by atoms with E-state index in [4.69, 9.17) is 11.6 Å². The lowest BCUT2D eigenvalue weighted by atomic mass is 10.4. The molecule has 2 aromatic heterocycles. The molecule has 90 valence electrons. The number of rotatable bonds is 3. The van der Waals surface area contributed by atoms with Crippen molar-refractivity contribution in [3.63, 3.8) is 0 Å². The number of halogens is 1. The summed E-state index contributed by atoms with van der Waals surface area (Å²) < 4.78 is 1.73. The Bertz CT molecular complexity index is 506. The second kappa shape index (κ2) is 4.97. The van der Waals surface area contributed by atoms with Gasteiger partial charge in [-0.05, 0) is 43.0 Å². The maximum absolute atomic E-state index is 5.87. The molecule has 0 N–H and O–H groups in total. The van der Waals surface area contributed by atoms with Gasteiger partial charge in [-0.1, -0.05) is 11.6 Å². The molecule has 0 atom stereocenters. The zero-order valence-corrected chi connectivity index (χ0v) is 11.2. The summed E-state index contributed by atoms with van der Waals surface area (Å²) in [5, 5.41) is 13.4. The highest BCUT2D eigenvalue weighted by atomic mass is 35.5. The fourth-order valence-corrected chi connectivity index (χ4v) is 2.47. The van der Waals surface area contributed by atoms with Crippen LogP contribution in [0.4, 0.5) is 0 Å². The van der Waals surface area contributed by atoms with Crippen LogP contribution in [0.25, 0.3) is 0 Å². The van der Waals surface area contributed by atoms with Gasteiger partial charge in [0.15, 0.2) is 0 Å². The standard InChI is InChI=1S/C9H11ClN6S/c1-5(2)16-9(13-14-15-16)17-8-4-7(10)11-6(3)12-8/h4-5H,1-3H3. The van der Waals surface area contributed by atoms with Gasteiger partial charge in [-0.3, -0.25) is 0 Å². The van der Waals surface area contributed by atoms with Gasteiger partial charge in [-0.15, -0.1) is 5.10 Å². The van der Waals surface area contributed by atoms with Crippen molar-refractivity contribution < 1.29 is 0 Å². The van der Waals surface area contributed by atoms with Gasteiger partial charge in [0.25, 0.3) is 0 Å². The van der Waals surface area contributed by atoms with Crippen molar-refractivity contribution in [2.45, 2.75) is 37.0 Å². The fraction of sp³-hybridized carbons (Fsp3) is 0.444. The molecule has 0 saturated carbocycles. The Kier molecular flexibility index (Phi) is 3.58. The third-order valence-corrected chi connectivity index (χ3v) is 2.99. The smallest absolute Gasteiger partial charge is 0.215 e. The lowest BCUT2D eigenvalue weighted by Gasteiger charge is -2.06. The molecule has 6 nitrogen and oxygen atoms in total. The first-order chi connectivity index (χ1) is 8.06. The van der Waals surface area contributed by atoms with Gasteiger partial charge in [0, 0.05) is 6.07 Å². The van der Waals surface area contributed by atoms with Crippen molar-refractivity contribution in [3.8, 4) is 0 Å². The molecule has 0 radical (unpaired) electrons. The van der Waals surface area contributed by atoms with Crippen molar-refractivity contribution in [1.29, 1.82) is 0 Å². The average Bonchev–Trinajstić information content (AvgIpc) is 2.63. The van der Waals surface area contributed by atoms with Gasteiger partial charge in [-0.25, -0.2) is 14.6 Å². The minimum atomic E-state index is 0.200. The number of hydrogen-bond donors (Lipinski definition) is 0. The van der Waals surface area contributed by atoms with E-state index in [1.807, 2.05) is 13.8 Å². The summed E-state index contributed by atoms with van der Waals surface area (Å²) >= 11 is 7.24. The molecule has 0 bridgehead atoms. The van der Waals surface area contributed by atoms with Crippen LogP contribution in [0.2, 0.25) is 5.15 Å². The Morgan fingerprint density at radius 2 is 2.12 bits per heavy atom. The molecule has 17 heavy (non-hydrogen) atoms. The predicted octanol–water partition coefficient (Wildman–Crippen LogP) is 2.16. The van der Waals surface area contributed by atoms with E-state index >= 15 is 0 Å². The van der Waals surface area contributed by atoms with E-state index in [1.54, 1.807) is 17.7 Å². The first-order valence-corrected chi connectivity index (χ1v) is 6.22. The van der Waals surface area contributed by atoms with Gasteiger partial charge < -0.3 is 0 Å². The Labute approximate surface area is 108 Å². The second-order valence-electron chi connectivity index (χ2n) is 3.68. The van der Waals surface area contributed by atoms with Crippen LogP contribution in [0.15, 0.2) is 16.2 Å². The number of aromatic nitrogens is 6. The van der Waals surface area contributed by atoms with Crippen LogP contribution in [0.1, 0.15) is 25.7 Å². The lowest BCUT2D eigenvalue weighted by Crippen LogP contribution is -2.04. The summed E-state index contributed by atoms with van der Waals surface area (Å²) in [6, 6.07) is 1.89. The third kappa shape index (κ3) is 2.92. The van der Waals surface area contributed by atoms with Gasteiger partial charge in [0.2, 0.25) is 5.16 Å². The van der Waals surface area contributed by atoms with Crippen molar-refractivity contribution in [3.05, 3.63) is 17.0 Å². The third-order valence-electron chi connectivity index (χ3n) is 1.93. The molecule has 8 heteroatoms. The average molecular weight is 271 g/mol. The Balaban J connectivity index is 2.28. The number of hydrogen-bond acceptors (Lipinski definition) is 6. The fourth-order valence-electron chi connectivity index (χ4n) is 1.23. The van der Waals surface area contributed by atoms with Crippen molar-refractivity contribution in [2.24, 2.45) is 0 Å². The van der Waals surface area contributed by atoms with Gasteiger partial charge in [0.05, 0.1) is 6.04 Å². The highest BCUT2D eigenvalue weighted by Crippen LogP contribution is 2.26. The molecular formula is C9H11ClN6S. The topological polar surface area (TPSA) is 69.4 Å². The zero-order chi connectivity index (χ0) is 12.4. The van der Waals surface area contributed by atoms with Crippen molar-refractivity contribution >= 4 is 23.4 Å². The summed E-state index contributed by atoms with van der Waals surface area (Å²) in [6.45, 7) is 5.82. The largest absolute Gasteiger partial charge is 0.226 e.